The van der Waals surface area contributed by atoms with Crippen LogP contribution >= 0.6 is 11.6 Å². The Kier molecular flexibility index (Phi) is 15.3. The molecule has 0 bridgehead atoms. The van der Waals surface area contributed by atoms with Gasteiger partial charge >= 0.3 is 30.3 Å². The van der Waals surface area contributed by atoms with Gasteiger partial charge in [-0.3, -0.25) is 4.79 Å². The van der Waals surface area contributed by atoms with Crippen molar-refractivity contribution in [3.63, 3.8) is 0 Å². The number of carbonyl (C=O) groups excluding carboxylic acids is 2. The van der Waals surface area contributed by atoms with Crippen LogP contribution in [-0.4, -0.2) is 132 Å². The highest BCUT2D eigenvalue weighted by Crippen LogP contribution is 2.35. The second kappa shape index (κ2) is 19.3. The number of amides is 3. The number of aromatic amines is 1. The molecule has 57 heavy (non-hydrogen) atoms. The fourth-order valence-corrected chi connectivity index (χ4v) is 7.75. The first-order valence-corrected chi connectivity index (χ1v) is 18.7. The molecule has 4 N–H and O–H groups in total. The van der Waals surface area contributed by atoms with E-state index in [1.165, 1.54) is 12.8 Å². The minimum absolute atomic E-state index is 0.0755. The fourth-order valence-electron chi connectivity index (χ4n) is 7.55. The van der Waals surface area contributed by atoms with Crippen molar-refractivity contribution in [1.82, 2.24) is 25.0 Å². The number of likely N-dealkylation sites (tertiary alicyclic amines) is 2. The summed E-state index contributed by atoms with van der Waals surface area (Å²) in [6.07, 6.45) is -2.85. The van der Waals surface area contributed by atoms with Crippen molar-refractivity contribution in [2.45, 2.75) is 69.4 Å². The topological polar surface area (TPSA) is 150 Å². The number of halogens is 7. The van der Waals surface area contributed by atoms with Crippen LogP contribution in [0.5, 0.6) is 0 Å². The predicted octanol–water partition coefficient (Wildman–Crippen LogP) is 6.60. The highest BCUT2D eigenvalue weighted by molar-refractivity contribution is 6.30. The number of nitrogens with zero attached hydrogens (tertiary/aromatic N) is 4. The Labute approximate surface area is 330 Å². The van der Waals surface area contributed by atoms with Gasteiger partial charge in [-0.15, -0.1) is 0 Å². The van der Waals surface area contributed by atoms with E-state index in [1.807, 2.05) is 52.4 Å². The van der Waals surface area contributed by atoms with E-state index in [1.54, 1.807) is 0 Å². The number of rotatable bonds is 8. The third kappa shape index (κ3) is 12.2. The van der Waals surface area contributed by atoms with Gasteiger partial charge in [0.1, 0.15) is 6.04 Å². The number of aliphatic carboxylic acids is 2. The zero-order valence-corrected chi connectivity index (χ0v) is 32.4. The Morgan fingerprint density at radius 2 is 1.56 bits per heavy atom. The van der Waals surface area contributed by atoms with Crippen molar-refractivity contribution in [2.75, 3.05) is 58.3 Å². The summed E-state index contributed by atoms with van der Waals surface area (Å²) in [5.74, 6) is -5.58. The van der Waals surface area contributed by atoms with E-state index in [-0.39, 0.29) is 29.8 Å². The smallest absolute Gasteiger partial charge is 0.475 e. The zero-order chi connectivity index (χ0) is 42.2. The molecule has 6 rings (SSSR count). The molecule has 2 fully saturated rings. The lowest BCUT2D eigenvalue weighted by Gasteiger charge is -2.39. The van der Waals surface area contributed by atoms with Gasteiger partial charge in [0.15, 0.2) is 0 Å². The lowest BCUT2D eigenvalue weighted by atomic mass is 9.88. The molecule has 4 heterocycles. The Hall–Kier alpha value is -4.55. The quantitative estimate of drug-likeness (QED) is 0.186. The Morgan fingerprint density at radius 1 is 0.947 bits per heavy atom. The van der Waals surface area contributed by atoms with Crippen molar-refractivity contribution in [2.24, 2.45) is 5.92 Å². The average molecular weight is 833 g/mol. The van der Waals surface area contributed by atoms with E-state index in [9.17, 15) is 35.9 Å². The van der Waals surface area contributed by atoms with Crippen LogP contribution < -0.4 is 10.2 Å². The molecular weight excluding hydrogens is 786 g/mol. The van der Waals surface area contributed by atoms with Gasteiger partial charge in [0.2, 0.25) is 5.91 Å². The number of urea groups is 1. The molecule has 1 aromatic heterocycles. The number of benzene rings is 2. The van der Waals surface area contributed by atoms with Gasteiger partial charge in [0.05, 0.1) is 0 Å². The van der Waals surface area contributed by atoms with Crippen molar-refractivity contribution in [1.29, 1.82) is 0 Å². The van der Waals surface area contributed by atoms with Crippen molar-refractivity contribution >= 4 is 52.1 Å². The number of fused-ring (bicyclic) bond motifs is 2. The number of nitrogens with one attached hydrogen (secondary N) is 2. The lowest BCUT2D eigenvalue weighted by molar-refractivity contribution is -0.193. The number of hydrogen-bond acceptors (Lipinski definition) is 6. The number of anilines is 1. The van der Waals surface area contributed by atoms with Crippen LogP contribution in [0.15, 0.2) is 48.7 Å². The molecule has 19 heteroatoms. The summed E-state index contributed by atoms with van der Waals surface area (Å²) in [6.45, 7) is 7.37. The Balaban J connectivity index is 0.000000440. The van der Waals surface area contributed by atoms with Gasteiger partial charge in [-0.1, -0.05) is 36.7 Å². The molecule has 2 unspecified atom stereocenters. The van der Waals surface area contributed by atoms with Crippen LogP contribution in [0.2, 0.25) is 5.02 Å². The number of aromatic nitrogens is 1. The minimum Gasteiger partial charge on any atom is -0.475 e. The summed E-state index contributed by atoms with van der Waals surface area (Å²) in [4.78, 5) is 58.6. The molecule has 0 spiro atoms. The molecule has 2 aromatic carbocycles. The largest absolute Gasteiger partial charge is 0.490 e. The predicted molar refractivity (Wildman–Crippen MR) is 201 cm³/mol. The van der Waals surface area contributed by atoms with Crippen molar-refractivity contribution in [3.05, 3.63) is 64.8 Å². The fraction of sp³-hybridized carbons (Fsp3) is 0.526. The zero-order valence-electron chi connectivity index (χ0n) is 31.7. The number of hydrogen-bond donors (Lipinski definition) is 4. The number of H-pyrrole nitrogens is 1. The lowest BCUT2D eigenvalue weighted by Crippen LogP contribution is -2.57. The van der Waals surface area contributed by atoms with Crippen LogP contribution in [-0.2, 0) is 20.8 Å². The van der Waals surface area contributed by atoms with Crippen molar-refractivity contribution < 1.29 is 55.7 Å². The number of para-hydroxylation sites is 1. The van der Waals surface area contributed by atoms with E-state index in [0.29, 0.717) is 11.6 Å². The van der Waals surface area contributed by atoms with Crippen LogP contribution in [0.1, 0.15) is 49.7 Å². The third-order valence-electron chi connectivity index (χ3n) is 10.1. The molecule has 3 aliphatic heterocycles. The molecule has 314 valence electrons. The molecular formula is C38H47ClF6N6O6. The summed E-state index contributed by atoms with van der Waals surface area (Å²) in [6, 6.07) is 13.3. The molecule has 3 aromatic rings. The molecule has 3 amide bonds. The van der Waals surface area contributed by atoms with Gasteiger partial charge in [0.25, 0.3) is 0 Å². The molecule has 0 aliphatic carbocycles. The summed E-state index contributed by atoms with van der Waals surface area (Å²) in [5.41, 5.74) is 4.02. The standard InChI is InChI=1S/C34H45ClN6O2.2C2HF3O2/c1-23(29-19-36-30-11-5-4-10-28(29)30)32(37-34(43)40-16-8-9-27(40)22-39-14-6-7-15-39)33(42)41-21-24(20-38(2)3)17-25-18-26(35)12-13-31(25)41;2*3-2(4,5)1(6)7/h4-5,10-13,18-19,23-24,27,32,36H,6-9,14-17,20-22H2,1-3H3,(H,37,43);2*(H,6,7)/t23?,24-,27-,32?;;/m1../s1. The average Bonchev–Trinajstić information content (AvgIpc) is 3.91. The second-order valence-corrected chi connectivity index (χ2v) is 15.1. The van der Waals surface area contributed by atoms with Crippen LogP contribution in [0.25, 0.3) is 10.9 Å². The first-order chi connectivity index (χ1) is 26.7. The number of carboxylic acids is 2. The summed E-state index contributed by atoms with van der Waals surface area (Å²) >= 11 is 6.43. The minimum atomic E-state index is -5.08. The number of carbonyl (C=O) groups is 4. The molecule has 0 saturated carbocycles. The SMILES string of the molecule is CC(c1c[nH]c2ccccc12)C(NC(=O)N1CCC[C@@H]1CN1CCCC1)C(=O)N1C[C@@H](CN(C)C)Cc2cc(Cl)ccc21.O=C(O)C(F)(F)F.O=C(O)C(F)(F)F. The van der Waals surface area contributed by atoms with Crippen molar-refractivity contribution in [3.8, 4) is 0 Å². The molecule has 12 nitrogen and oxygen atoms in total. The summed E-state index contributed by atoms with van der Waals surface area (Å²) in [5, 5.41) is 19.3. The van der Waals surface area contributed by atoms with Gasteiger partial charge in [0, 0.05) is 65.9 Å². The highest BCUT2D eigenvalue weighted by Gasteiger charge is 2.41. The normalized spacial score (nSPS) is 19.6. The van der Waals surface area contributed by atoms with Crippen LogP contribution in [0, 0.1) is 5.92 Å². The summed E-state index contributed by atoms with van der Waals surface area (Å²) < 4.78 is 63.5. The molecule has 3 aliphatic rings. The van der Waals surface area contributed by atoms with Gasteiger partial charge in [-0.05, 0) is 101 Å². The molecule has 0 radical (unpaired) electrons. The Bertz CT molecular complexity index is 1840. The number of carboxylic acid groups (broad SMARTS) is 2. The summed E-state index contributed by atoms with van der Waals surface area (Å²) in [7, 11) is 4.13. The van der Waals surface area contributed by atoms with Crippen LogP contribution in [0.3, 0.4) is 0 Å². The van der Waals surface area contributed by atoms with Gasteiger partial charge in [-0.25, -0.2) is 14.4 Å². The third-order valence-corrected chi connectivity index (χ3v) is 10.4. The maximum Gasteiger partial charge on any atom is 0.490 e. The van der Waals surface area contributed by atoms with Gasteiger partial charge < -0.3 is 40.1 Å². The monoisotopic (exact) mass is 832 g/mol. The van der Waals surface area contributed by atoms with Gasteiger partial charge in [-0.2, -0.15) is 26.3 Å². The highest BCUT2D eigenvalue weighted by atomic mass is 35.5. The van der Waals surface area contributed by atoms with E-state index in [0.717, 1.165) is 79.7 Å². The maximum absolute atomic E-state index is 14.8. The maximum atomic E-state index is 14.8. The second-order valence-electron chi connectivity index (χ2n) is 14.7. The molecule has 2 saturated heterocycles. The number of alkyl halides is 6. The van der Waals surface area contributed by atoms with E-state index in [4.69, 9.17) is 31.4 Å². The van der Waals surface area contributed by atoms with E-state index < -0.39 is 30.3 Å². The van der Waals surface area contributed by atoms with Crippen LogP contribution in [0.4, 0.5) is 36.8 Å². The Morgan fingerprint density at radius 3 is 2.16 bits per heavy atom. The van der Waals surface area contributed by atoms with E-state index in [2.05, 4.69) is 47.2 Å². The van der Waals surface area contributed by atoms with E-state index >= 15 is 0 Å². The first kappa shape index (κ1) is 45.2. The first-order valence-electron chi connectivity index (χ1n) is 18.4. The molecule has 4 atom stereocenters.